The maximum atomic E-state index is 14.5. The van der Waals surface area contributed by atoms with Crippen LogP contribution in [0.4, 0.5) is 18.9 Å². The van der Waals surface area contributed by atoms with Crippen molar-refractivity contribution in [3.63, 3.8) is 0 Å². The highest BCUT2D eigenvalue weighted by Gasteiger charge is 2.37. The van der Waals surface area contributed by atoms with Gasteiger partial charge < -0.3 is 10.2 Å². The van der Waals surface area contributed by atoms with Gasteiger partial charge >= 0.3 is 6.18 Å². The van der Waals surface area contributed by atoms with E-state index in [1.165, 1.54) is 17.0 Å². The fourth-order valence-corrected chi connectivity index (χ4v) is 6.66. The van der Waals surface area contributed by atoms with E-state index in [0.717, 1.165) is 23.3 Å². The molecule has 1 N–H and O–H groups in total. The molecule has 0 aliphatic rings. The molecule has 0 fully saturated rings. The van der Waals surface area contributed by atoms with E-state index in [0.29, 0.717) is 22.4 Å². The number of nitrogens with one attached hydrogen (secondary N) is 1. The van der Waals surface area contributed by atoms with Crippen molar-refractivity contribution in [2.24, 2.45) is 0 Å². The van der Waals surface area contributed by atoms with Crippen LogP contribution in [0.3, 0.4) is 0 Å². The SMILES string of the molecule is CCC(C)NC(=O)C(Cc1ccccc1)N(Cc1ccccc1)C(=O)CN(c1ccc(Cl)c(C(F)(F)F)c1)S(=O)(=O)c1ccc(C)cc1. The van der Waals surface area contributed by atoms with Crippen LogP contribution in [-0.4, -0.2) is 43.8 Å². The van der Waals surface area contributed by atoms with Crippen molar-refractivity contribution >= 4 is 39.1 Å². The molecule has 0 aromatic heterocycles. The van der Waals surface area contributed by atoms with Gasteiger partial charge in [0.05, 0.1) is 21.2 Å². The van der Waals surface area contributed by atoms with E-state index in [1.807, 2.05) is 32.0 Å². The molecule has 4 rings (SSSR count). The Morgan fingerprint density at radius 1 is 0.875 bits per heavy atom. The summed E-state index contributed by atoms with van der Waals surface area (Å²) in [7, 11) is -4.60. The van der Waals surface area contributed by atoms with Gasteiger partial charge in [0.2, 0.25) is 11.8 Å². The highest BCUT2D eigenvalue weighted by Crippen LogP contribution is 2.38. The first-order chi connectivity index (χ1) is 22.7. The minimum absolute atomic E-state index is 0.0715. The van der Waals surface area contributed by atoms with Gasteiger partial charge in [-0.3, -0.25) is 13.9 Å². The smallest absolute Gasteiger partial charge is 0.352 e. The molecule has 0 heterocycles. The second-order valence-corrected chi connectivity index (χ2v) is 13.8. The molecular formula is C36H37ClF3N3O4S. The Hall–Kier alpha value is -4.35. The Morgan fingerprint density at radius 3 is 2.02 bits per heavy atom. The Balaban J connectivity index is 1.86. The predicted octanol–water partition coefficient (Wildman–Crippen LogP) is 7.42. The largest absolute Gasteiger partial charge is 0.417 e. The number of nitrogens with zero attached hydrogens (tertiary/aromatic N) is 2. The topological polar surface area (TPSA) is 86.8 Å². The third-order valence-electron chi connectivity index (χ3n) is 7.90. The molecule has 48 heavy (non-hydrogen) atoms. The molecule has 0 spiro atoms. The van der Waals surface area contributed by atoms with E-state index in [2.05, 4.69) is 5.32 Å². The van der Waals surface area contributed by atoms with Crippen LogP contribution >= 0.6 is 11.6 Å². The van der Waals surface area contributed by atoms with Gasteiger partial charge in [-0.05, 0) is 61.7 Å². The molecule has 0 saturated carbocycles. The molecule has 4 aromatic rings. The number of carbonyl (C=O) groups excluding carboxylic acids is 2. The van der Waals surface area contributed by atoms with E-state index < -0.39 is 56.9 Å². The number of benzene rings is 4. The standard InChI is InChI=1S/C36H37ClF3N3O4S/c1-4-26(3)41-35(45)33(21-27-11-7-5-8-12-27)42(23-28-13-9-6-10-14-28)34(44)24-43(48(46,47)30-18-15-25(2)16-19-30)29-17-20-32(37)31(22-29)36(38,39)40/h5-20,22,26,33H,4,21,23-24H2,1-3H3,(H,41,45). The Morgan fingerprint density at radius 2 is 1.46 bits per heavy atom. The lowest BCUT2D eigenvalue weighted by molar-refractivity contribution is -0.140. The summed E-state index contributed by atoms with van der Waals surface area (Å²) in [6.45, 7) is 4.52. The summed E-state index contributed by atoms with van der Waals surface area (Å²) < 4.78 is 70.8. The Bertz CT molecular complexity index is 1810. The average Bonchev–Trinajstić information content (AvgIpc) is 3.06. The molecule has 0 radical (unpaired) electrons. The van der Waals surface area contributed by atoms with Crippen molar-refractivity contribution in [1.82, 2.24) is 10.2 Å². The first-order valence-electron chi connectivity index (χ1n) is 15.3. The molecule has 12 heteroatoms. The second kappa shape index (κ2) is 15.7. The van der Waals surface area contributed by atoms with E-state index >= 15 is 0 Å². The number of amides is 2. The van der Waals surface area contributed by atoms with Gasteiger partial charge in [0.1, 0.15) is 12.6 Å². The summed E-state index contributed by atoms with van der Waals surface area (Å²) in [5, 5.41) is 2.32. The van der Waals surface area contributed by atoms with Crippen molar-refractivity contribution < 1.29 is 31.2 Å². The lowest BCUT2D eigenvalue weighted by Gasteiger charge is -2.34. The fraction of sp³-hybridized carbons (Fsp3) is 0.278. The van der Waals surface area contributed by atoms with Gasteiger partial charge in [-0.15, -0.1) is 0 Å². The minimum Gasteiger partial charge on any atom is -0.352 e. The van der Waals surface area contributed by atoms with Crippen molar-refractivity contribution in [1.29, 1.82) is 0 Å². The van der Waals surface area contributed by atoms with Crippen LogP contribution in [0.1, 0.15) is 42.5 Å². The van der Waals surface area contributed by atoms with Gasteiger partial charge in [-0.2, -0.15) is 13.2 Å². The van der Waals surface area contributed by atoms with Crippen LogP contribution in [-0.2, 0) is 38.8 Å². The van der Waals surface area contributed by atoms with Crippen molar-refractivity contribution in [3.05, 3.63) is 130 Å². The van der Waals surface area contributed by atoms with E-state index in [4.69, 9.17) is 11.6 Å². The van der Waals surface area contributed by atoms with Crippen molar-refractivity contribution in [3.8, 4) is 0 Å². The summed E-state index contributed by atoms with van der Waals surface area (Å²) in [5.41, 5.74) is 0.508. The number of alkyl halides is 3. The zero-order chi connectivity index (χ0) is 35.1. The molecule has 0 saturated heterocycles. The molecule has 2 atom stereocenters. The number of sulfonamides is 1. The van der Waals surface area contributed by atoms with Gasteiger partial charge in [0.15, 0.2) is 0 Å². The predicted molar refractivity (Wildman–Crippen MR) is 181 cm³/mol. The maximum absolute atomic E-state index is 14.5. The van der Waals surface area contributed by atoms with Crippen LogP contribution in [0.2, 0.25) is 5.02 Å². The quantitative estimate of drug-likeness (QED) is 0.157. The summed E-state index contributed by atoms with van der Waals surface area (Å²) in [6, 6.07) is 25.0. The lowest BCUT2D eigenvalue weighted by atomic mass is 10.0. The maximum Gasteiger partial charge on any atom is 0.417 e. The molecule has 2 unspecified atom stereocenters. The minimum atomic E-state index is -4.90. The Labute approximate surface area is 284 Å². The van der Waals surface area contributed by atoms with Crippen LogP contribution in [0.25, 0.3) is 0 Å². The second-order valence-electron chi connectivity index (χ2n) is 11.5. The molecule has 254 valence electrons. The molecule has 0 aliphatic heterocycles. The summed E-state index contributed by atoms with van der Waals surface area (Å²) in [5.74, 6) is -1.24. The van der Waals surface area contributed by atoms with Gasteiger partial charge in [-0.1, -0.05) is 96.9 Å². The Kier molecular flexibility index (Phi) is 11.9. The number of aryl methyl sites for hydroxylation is 1. The van der Waals surface area contributed by atoms with E-state index in [-0.39, 0.29) is 23.9 Å². The van der Waals surface area contributed by atoms with Crippen molar-refractivity contribution in [2.75, 3.05) is 10.8 Å². The van der Waals surface area contributed by atoms with Crippen LogP contribution < -0.4 is 9.62 Å². The number of anilines is 1. The number of hydrogen-bond donors (Lipinski definition) is 1. The normalized spacial score (nSPS) is 13.0. The molecule has 7 nitrogen and oxygen atoms in total. The zero-order valence-corrected chi connectivity index (χ0v) is 28.3. The first-order valence-corrected chi connectivity index (χ1v) is 17.2. The van der Waals surface area contributed by atoms with E-state index in [1.54, 1.807) is 61.5 Å². The number of hydrogen-bond acceptors (Lipinski definition) is 4. The average molecular weight is 700 g/mol. The number of halogens is 4. The fourth-order valence-electron chi connectivity index (χ4n) is 5.03. The third kappa shape index (κ3) is 9.17. The molecule has 2 amide bonds. The molecule has 4 aromatic carbocycles. The summed E-state index contributed by atoms with van der Waals surface area (Å²) >= 11 is 5.88. The first kappa shape index (κ1) is 36.5. The summed E-state index contributed by atoms with van der Waals surface area (Å²) in [4.78, 5) is 29.4. The van der Waals surface area contributed by atoms with E-state index in [9.17, 15) is 31.2 Å². The zero-order valence-electron chi connectivity index (χ0n) is 26.7. The summed E-state index contributed by atoms with van der Waals surface area (Å²) in [6.07, 6.45) is -4.17. The molecule has 0 aliphatic carbocycles. The molecule has 0 bridgehead atoms. The monoisotopic (exact) mass is 699 g/mol. The highest BCUT2D eigenvalue weighted by molar-refractivity contribution is 7.92. The number of rotatable bonds is 13. The van der Waals surface area contributed by atoms with Gasteiger partial charge in [0, 0.05) is 19.0 Å². The van der Waals surface area contributed by atoms with Crippen molar-refractivity contribution in [2.45, 2.75) is 63.3 Å². The highest BCUT2D eigenvalue weighted by atomic mass is 35.5. The van der Waals surface area contributed by atoms with Gasteiger partial charge in [0.25, 0.3) is 10.0 Å². The number of carbonyl (C=O) groups is 2. The van der Waals surface area contributed by atoms with Crippen LogP contribution in [0, 0.1) is 6.92 Å². The lowest BCUT2D eigenvalue weighted by Crippen LogP contribution is -2.54. The van der Waals surface area contributed by atoms with Crippen LogP contribution in [0.15, 0.2) is 108 Å². The van der Waals surface area contributed by atoms with Gasteiger partial charge in [-0.25, -0.2) is 8.42 Å². The molecular weight excluding hydrogens is 663 g/mol. The third-order valence-corrected chi connectivity index (χ3v) is 10.0. The van der Waals surface area contributed by atoms with Crippen LogP contribution in [0.5, 0.6) is 0 Å².